The van der Waals surface area contributed by atoms with Crippen LogP contribution in [-0.2, 0) is 0 Å². The molecule has 0 radical (unpaired) electrons. The standard InChI is InChI=1S/C26H24N2/c1-16-10-11-22-20(12-16)21-9-5-8-19-13-27-14-23(24-17(2)6-4-7-18(24)3)28(22)15-26(19,21)25(27)28/h4-12,14,21H,13,15H2,1-3H3/q+2. The van der Waals surface area contributed by atoms with E-state index in [1.165, 1.54) is 45.7 Å². The fraction of sp³-hybridized carbons (Fsp3) is 0.269. The molecule has 0 amide bonds. The predicted octanol–water partition coefficient (Wildman–Crippen LogP) is 4.95. The van der Waals surface area contributed by atoms with E-state index in [2.05, 4.69) is 86.2 Å². The van der Waals surface area contributed by atoms with Gasteiger partial charge in [-0.15, -0.1) is 4.58 Å². The summed E-state index contributed by atoms with van der Waals surface area (Å²) in [6.45, 7) is 8.99. The Labute approximate surface area is 166 Å². The molecule has 5 aliphatic rings. The summed E-state index contributed by atoms with van der Waals surface area (Å²) in [5.74, 6) is 2.11. The van der Waals surface area contributed by atoms with Gasteiger partial charge in [0.25, 0.3) is 0 Å². The summed E-state index contributed by atoms with van der Waals surface area (Å²) in [7, 11) is 0. The Morgan fingerprint density at radius 3 is 2.71 bits per heavy atom. The maximum atomic E-state index is 2.58. The number of rotatable bonds is 1. The third kappa shape index (κ3) is 1.36. The lowest BCUT2D eigenvalue weighted by Gasteiger charge is -2.57. The Kier molecular flexibility index (Phi) is 2.43. The van der Waals surface area contributed by atoms with Crippen molar-refractivity contribution in [3.05, 3.63) is 94.2 Å². The van der Waals surface area contributed by atoms with Crippen molar-refractivity contribution in [2.24, 2.45) is 5.41 Å². The quantitative estimate of drug-likeness (QED) is 0.498. The largest absolute Gasteiger partial charge is 0.372 e. The third-order valence-corrected chi connectivity index (χ3v) is 7.92. The monoisotopic (exact) mass is 364 g/mol. The van der Waals surface area contributed by atoms with Crippen LogP contribution in [0.1, 0.15) is 33.7 Å². The van der Waals surface area contributed by atoms with E-state index in [1.807, 2.05) is 0 Å². The smallest absolute Gasteiger partial charge is 0.167 e. The third-order valence-electron chi connectivity index (χ3n) is 7.92. The molecule has 2 heteroatoms. The summed E-state index contributed by atoms with van der Waals surface area (Å²) >= 11 is 0. The highest BCUT2D eigenvalue weighted by Gasteiger charge is 2.85. The van der Waals surface area contributed by atoms with Gasteiger partial charge in [0.15, 0.2) is 17.6 Å². The van der Waals surface area contributed by atoms with Crippen LogP contribution < -0.4 is 4.48 Å². The van der Waals surface area contributed by atoms with Gasteiger partial charge < -0.3 is 0 Å². The molecule has 2 aromatic carbocycles. The normalized spacial score (nSPS) is 32.6. The molecule has 3 unspecified atom stereocenters. The van der Waals surface area contributed by atoms with Crippen molar-refractivity contribution in [2.75, 3.05) is 13.1 Å². The molecular formula is C26H24N2+2. The van der Waals surface area contributed by atoms with Crippen LogP contribution in [0.5, 0.6) is 0 Å². The lowest BCUT2D eigenvalue weighted by atomic mass is 9.55. The summed E-state index contributed by atoms with van der Waals surface area (Å²) in [4.78, 5) is 0. The molecular weight excluding hydrogens is 340 g/mol. The molecule has 0 N–H and O–H groups in total. The number of benzene rings is 2. The van der Waals surface area contributed by atoms with Gasteiger partial charge in [-0.05, 0) is 38.0 Å². The van der Waals surface area contributed by atoms with Gasteiger partial charge >= 0.3 is 5.84 Å². The first-order chi connectivity index (χ1) is 13.6. The number of hydrogen-bond acceptors (Lipinski definition) is 0. The minimum absolute atomic E-state index is 0.213. The van der Waals surface area contributed by atoms with Crippen LogP contribution in [0, 0.1) is 26.2 Å². The van der Waals surface area contributed by atoms with Gasteiger partial charge in [-0.2, -0.15) is 4.48 Å². The highest BCUT2D eigenvalue weighted by molar-refractivity contribution is 6.17. The minimum atomic E-state index is 0.213. The van der Waals surface area contributed by atoms with E-state index < -0.39 is 0 Å². The fourth-order valence-corrected chi connectivity index (χ4v) is 6.97. The Morgan fingerprint density at radius 1 is 1.07 bits per heavy atom. The van der Waals surface area contributed by atoms with Crippen LogP contribution in [0.2, 0.25) is 0 Å². The Bertz CT molecular complexity index is 1230. The minimum Gasteiger partial charge on any atom is -0.167 e. The van der Waals surface area contributed by atoms with Crippen molar-refractivity contribution >= 4 is 17.2 Å². The van der Waals surface area contributed by atoms with Crippen molar-refractivity contribution in [3.8, 4) is 0 Å². The van der Waals surface area contributed by atoms with Gasteiger partial charge in [0.05, 0.1) is 0 Å². The maximum Gasteiger partial charge on any atom is 0.372 e. The average molecular weight is 364 g/mol. The average Bonchev–Trinajstić information content (AvgIpc) is 3.05. The van der Waals surface area contributed by atoms with Crippen LogP contribution in [-0.4, -0.2) is 23.5 Å². The highest BCUT2D eigenvalue weighted by Crippen LogP contribution is 2.70. The SMILES string of the molecule is Cc1ccc2c(c1)C1C=CC=C3C[N+]4=C5C31C[N+]52C(c1c(C)cccc1C)=C4. The van der Waals surface area contributed by atoms with Gasteiger partial charge in [-0.1, -0.05) is 48.1 Å². The molecule has 2 nitrogen and oxygen atoms in total. The molecule has 0 saturated carbocycles. The van der Waals surface area contributed by atoms with Crippen molar-refractivity contribution in [1.82, 2.24) is 4.48 Å². The Balaban J connectivity index is 1.59. The first kappa shape index (κ1) is 15.2. The summed E-state index contributed by atoms with van der Waals surface area (Å²) in [5.41, 5.74) is 11.9. The summed E-state index contributed by atoms with van der Waals surface area (Å²) in [6, 6.07) is 13.9. The Morgan fingerprint density at radius 2 is 1.89 bits per heavy atom. The van der Waals surface area contributed by atoms with Crippen molar-refractivity contribution < 1.29 is 4.58 Å². The first-order valence-electron chi connectivity index (χ1n) is 10.4. The molecule has 2 bridgehead atoms. The van der Waals surface area contributed by atoms with Crippen molar-refractivity contribution in [2.45, 2.75) is 26.7 Å². The number of amidine groups is 1. The van der Waals surface area contributed by atoms with E-state index in [0.29, 0.717) is 5.92 Å². The van der Waals surface area contributed by atoms with E-state index in [0.717, 1.165) is 11.0 Å². The Hall–Kier alpha value is -2.71. The molecule has 4 aliphatic heterocycles. The molecule has 1 aliphatic carbocycles. The fourth-order valence-electron chi connectivity index (χ4n) is 6.97. The van der Waals surface area contributed by atoms with E-state index in [1.54, 1.807) is 11.4 Å². The van der Waals surface area contributed by atoms with Crippen LogP contribution in [0.3, 0.4) is 0 Å². The summed E-state index contributed by atoms with van der Waals surface area (Å²) in [5, 5.41) is 0. The summed E-state index contributed by atoms with van der Waals surface area (Å²) < 4.78 is 3.53. The molecule has 1 saturated heterocycles. The van der Waals surface area contributed by atoms with Crippen molar-refractivity contribution in [1.29, 1.82) is 0 Å². The molecule has 7 rings (SSSR count). The van der Waals surface area contributed by atoms with E-state index in [4.69, 9.17) is 0 Å². The number of fused-ring (bicyclic) bond motifs is 2. The van der Waals surface area contributed by atoms with Gasteiger partial charge in [-0.3, -0.25) is 0 Å². The number of aryl methyl sites for hydroxylation is 3. The van der Waals surface area contributed by atoms with Gasteiger partial charge in [0.1, 0.15) is 6.54 Å². The molecule has 1 fully saturated rings. The lowest BCUT2D eigenvalue weighted by Crippen LogP contribution is -2.77. The molecule has 136 valence electrons. The van der Waals surface area contributed by atoms with Crippen LogP contribution in [0.15, 0.2) is 66.4 Å². The first-order valence-corrected chi connectivity index (χ1v) is 10.4. The second-order valence-electron chi connectivity index (χ2n) is 9.29. The number of allylic oxidation sites excluding steroid dienone is 3. The van der Waals surface area contributed by atoms with E-state index >= 15 is 0 Å². The molecule has 1 spiro atoms. The van der Waals surface area contributed by atoms with E-state index in [9.17, 15) is 0 Å². The van der Waals surface area contributed by atoms with Crippen LogP contribution in [0.4, 0.5) is 5.69 Å². The number of nitrogens with zero attached hydrogens (tertiary/aromatic N) is 2. The maximum absolute atomic E-state index is 2.58. The second-order valence-corrected chi connectivity index (χ2v) is 9.29. The number of hydrogen-bond donors (Lipinski definition) is 0. The number of quaternary nitrogens is 1. The highest BCUT2D eigenvalue weighted by atomic mass is 15.5. The van der Waals surface area contributed by atoms with Crippen LogP contribution >= 0.6 is 0 Å². The zero-order valence-corrected chi connectivity index (χ0v) is 16.7. The molecule has 28 heavy (non-hydrogen) atoms. The van der Waals surface area contributed by atoms with Crippen molar-refractivity contribution in [3.63, 3.8) is 0 Å². The lowest BCUT2D eigenvalue weighted by molar-refractivity contribution is -0.440. The molecule has 0 aromatic heterocycles. The zero-order chi connectivity index (χ0) is 18.8. The van der Waals surface area contributed by atoms with Gasteiger partial charge in [-0.25, -0.2) is 0 Å². The van der Waals surface area contributed by atoms with Crippen LogP contribution in [0.25, 0.3) is 5.70 Å². The predicted molar refractivity (Wildman–Crippen MR) is 114 cm³/mol. The van der Waals surface area contributed by atoms with E-state index in [-0.39, 0.29) is 5.41 Å². The zero-order valence-electron chi connectivity index (χ0n) is 16.7. The summed E-state index contributed by atoms with van der Waals surface area (Å²) in [6.07, 6.45) is 9.63. The molecule has 2 aromatic rings. The van der Waals surface area contributed by atoms with Gasteiger partial charge in [0, 0.05) is 28.7 Å². The molecule has 4 heterocycles. The topological polar surface area (TPSA) is 3.01 Å². The second kappa shape index (κ2) is 4.47. The van der Waals surface area contributed by atoms with Gasteiger partial charge in [0.2, 0.25) is 11.9 Å². The molecule has 3 atom stereocenters.